The third kappa shape index (κ3) is 3.16. The standard InChI is InChI=1S/C12H8Br3ClS/c1-6-4-9(14)12(17-6)11(15)8-3-2-7(13)5-10(8)16/h2-5,11H,1H3. The van der Waals surface area contributed by atoms with E-state index in [9.17, 15) is 0 Å². The molecule has 0 saturated carbocycles. The zero-order valence-electron chi connectivity index (χ0n) is 8.81. The Hall–Kier alpha value is 0.650. The molecule has 5 heteroatoms. The third-order valence-corrected chi connectivity index (χ3v) is 6.41. The molecule has 0 nitrogen and oxygen atoms in total. The van der Waals surface area contributed by atoms with Gasteiger partial charge in [-0.15, -0.1) is 11.3 Å². The average Bonchev–Trinajstić information content (AvgIpc) is 2.57. The van der Waals surface area contributed by atoms with Crippen molar-refractivity contribution in [1.82, 2.24) is 0 Å². The molecule has 1 atom stereocenters. The van der Waals surface area contributed by atoms with Crippen molar-refractivity contribution in [2.24, 2.45) is 0 Å². The Morgan fingerprint density at radius 3 is 2.47 bits per heavy atom. The first-order valence-electron chi connectivity index (χ1n) is 4.84. The van der Waals surface area contributed by atoms with E-state index in [1.165, 1.54) is 9.75 Å². The highest BCUT2D eigenvalue weighted by Crippen LogP contribution is 2.43. The maximum atomic E-state index is 6.26. The fraction of sp³-hybridized carbons (Fsp3) is 0.167. The summed E-state index contributed by atoms with van der Waals surface area (Å²) in [6.45, 7) is 2.10. The Labute approximate surface area is 135 Å². The van der Waals surface area contributed by atoms with Crippen LogP contribution in [0.3, 0.4) is 0 Å². The molecule has 1 aromatic heterocycles. The first kappa shape index (κ1) is 14.1. The summed E-state index contributed by atoms with van der Waals surface area (Å²) < 4.78 is 2.12. The van der Waals surface area contributed by atoms with Crippen LogP contribution in [0.25, 0.3) is 0 Å². The van der Waals surface area contributed by atoms with Gasteiger partial charge in [0.1, 0.15) is 0 Å². The first-order chi connectivity index (χ1) is 7.99. The fourth-order valence-corrected chi connectivity index (χ4v) is 5.55. The largest absolute Gasteiger partial charge is 0.143 e. The summed E-state index contributed by atoms with van der Waals surface area (Å²) in [7, 11) is 0. The predicted molar refractivity (Wildman–Crippen MR) is 86.7 cm³/mol. The van der Waals surface area contributed by atoms with Crippen LogP contribution in [0.1, 0.15) is 20.1 Å². The van der Waals surface area contributed by atoms with E-state index >= 15 is 0 Å². The number of halogens is 4. The molecule has 1 aromatic carbocycles. The van der Waals surface area contributed by atoms with E-state index in [0.717, 1.165) is 19.5 Å². The van der Waals surface area contributed by atoms with Gasteiger partial charge < -0.3 is 0 Å². The molecule has 0 aliphatic rings. The van der Waals surface area contributed by atoms with E-state index in [4.69, 9.17) is 11.6 Å². The second-order valence-electron chi connectivity index (χ2n) is 3.60. The Morgan fingerprint density at radius 1 is 1.24 bits per heavy atom. The zero-order valence-corrected chi connectivity index (χ0v) is 15.1. The van der Waals surface area contributed by atoms with Crippen LogP contribution in [0, 0.1) is 6.92 Å². The highest BCUT2D eigenvalue weighted by molar-refractivity contribution is 9.11. The monoisotopic (exact) mass is 456 g/mol. The lowest BCUT2D eigenvalue weighted by atomic mass is 10.1. The van der Waals surface area contributed by atoms with Gasteiger partial charge in [0.2, 0.25) is 0 Å². The predicted octanol–water partition coefficient (Wildman–Crippen LogP) is 6.72. The van der Waals surface area contributed by atoms with E-state index in [0.29, 0.717) is 0 Å². The van der Waals surface area contributed by atoms with Crippen molar-refractivity contribution in [2.75, 3.05) is 0 Å². The Morgan fingerprint density at radius 2 is 1.94 bits per heavy atom. The quantitative estimate of drug-likeness (QED) is 0.438. The van der Waals surface area contributed by atoms with E-state index in [1.54, 1.807) is 11.3 Å². The number of thiophene rings is 1. The molecule has 0 radical (unpaired) electrons. The summed E-state index contributed by atoms with van der Waals surface area (Å²) in [4.78, 5) is 2.65. The van der Waals surface area contributed by atoms with Crippen molar-refractivity contribution in [3.63, 3.8) is 0 Å². The first-order valence-corrected chi connectivity index (χ1v) is 8.53. The second-order valence-corrected chi connectivity index (χ2v) is 7.98. The van der Waals surface area contributed by atoms with Crippen LogP contribution in [0.4, 0.5) is 0 Å². The molecule has 2 rings (SSSR count). The molecule has 0 bridgehead atoms. The molecule has 2 aromatic rings. The van der Waals surface area contributed by atoms with E-state index in [1.807, 2.05) is 18.2 Å². The smallest absolute Gasteiger partial charge is 0.0763 e. The summed E-state index contributed by atoms with van der Waals surface area (Å²) in [5.74, 6) is 0. The lowest BCUT2D eigenvalue weighted by Crippen LogP contribution is -1.91. The highest BCUT2D eigenvalue weighted by Gasteiger charge is 2.18. The normalized spacial score (nSPS) is 12.8. The van der Waals surface area contributed by atoms with Crippen molar-refractivity contribution >= 4 is 70.7 Å². The fourth-order valence-electron chi connectivity index (χ4n) is 1.52. The van der Waals surface area contributed by atoms with Crippen molar-refractivity contribution in [2.45, 2.75) is 11.8 Å². The lowest BCUT2D eigenvalue weighted by molar-refractivity contribution is 1.21. The Kier molecular flexibility index (Phi) is 4.75. The maximum absolute atomic E-state index is 6.26. The van der Waals surface area contributed by atoms with Gasteiger partial charge in [-0.3, -0.25) is 0 Å². The van der Waals surface area contributed by atoms with Crippen LogP contribution in [0.15, 0.2) is 33.2 Å². The number of alkyl halides is 1. The molecule has 0 amide bonds. The lowest BCUT2D eigenvalue weighted by Gasteiger charge is -2.11. The van der Waals surface area contributed by atoms with E-state index < -0.39 is 0 Å². The molecule has 0 fully saturated rings. The topological polar surface area (TPSA) is 0 Å². The molecule has 0 aliphatic heterocycles. The van der Waals surface area contributed by atoms with Crippen LogP contribution in [-0.2, 0) is 0 Å². The van der Waals surface area contributed by atoms with Crippen LogP contribution in [0.5, 0.6) is 0 Å². The number of aryl methyl sites for hydroxylation is 1. The van der Waals surface area contributed by atoms with Crippen molar-refractivity contribution in [1.29, 1.82) is 0 Å². The van der Waals surface area contributed by atoms with Crippen molar-refractivity contribution in [3.05, 3.63) is 53.6 Å². The molecular weight excluding hydrogens is 451 g/mol. The van der Waals surface area contributed by atoms with Gasteiger partial charge in [-0.05, 0) is 46.6 Å². The van der Waals surface area contributed by atoms with Gasteiger partial charge >= 0.3 is 0 Å². The third-order valence-electron chi connectivity index (χ3n) is 2.30. The van der Waals surface area contributed by atoms with Crippen molar-refractivity contribution in [3.8, 4) is 0 Å². The SMILES string of the molecule is Cc1cc(Br)c(C(Br)c2ccc(Br)cc2Cl)s1. The molecule has 0 N–H and O–H groups in total. The van der Waals surface area contributed by atoms with E-state index in [-0.39, 0.29) is 4.83 Å². The molecular formula is C12H8Br3ClS. The minimum atomic E-state index is 0.121. The van der Waals surface area contributed by atoms with Gasteiger partial charge in [-0.2, -0.15) is 0 Å². The zero-order chi connectivity index (χ0) is 12.6. The highest BCUT2D eigenvalue weighted by atomic mass is 79.9. The average molecular weight is 459 g/mol. The molecule has 1 unspecified atom stereocenters. The minimum Gasteiger partial charge on any atom is -0.143 e. The number of benzene rings is 1. The Bertz CT molecular complexity index is 551. The van der Waals surface area contributed by atoms with Gasteiger partial charge in [0, 0.05) is 23.7 Å². The van der Waals surface area contributed by atoms with Gasteiger partial charge in [0.25, 0.3) is 0 Å². The van der Waals surface area contributed by atoms with Crippen LogP contribution in [-0.4, -0.2) is 0 Å². The van der Waals surface area contributed by atoms with Gasteiger partial charge in [-0.25, -0.2) is 0 Å². The van der Waals surface area contributed by atoms with Gasteiger partial charge in [0.15, 0.2) is 0 Å². The number of hydrogen-bond acceptors (Lipinski definition) is 1. The van der Waals surface area contributed by atoms with E-state index in [2.05, 4.69) is 60.8 Å². The summed E-state index contributed by atoms with van der Waals surface area (Å²) >= 11 is 18.7. The number of rotatable bonds is 2. The molecule has 0 spiro atoms. The molecule has 90 valence electrons. The van der Waals surface area contributed by atoms with Crippen LogP contribution < -0.4 is 0 Å². The van der Waals surface area contributed by atoms with Crippen molar-refractivity contribution < 1.29 is 0 Å². The molecule has 1 heterocycles. The molecule has 17 heavy (non-hydrogen) atoms. The van der Waals surface area contributed by atoms with Crippen LogP contribution >= 0.6 is 70.7 Å². The maximum Gasteiger partial charge on any atom is 0.0763 e. The second kappa shape index (κ2) is 5.74. The molecule has 0 saturated heterocycles. The van der Waals surface area contributed by atoms with Crippen LogP contribution in [0.2, 0.25) is 5.02 Å². The van der Waals surface area contributed by atoms with Gasteiger partial charge in [-0.1, -0.05) is 49.5 Å². The molecule has 0 aliphatic carbocycles. The minimum absolute atomic E-state index is 0.121. The summed E-state index contributed by atoms with van der Waals surface area (Å²) in [5.41, 5.74) is 1.08. The summed E-state index contributed by atoms with van der Waals surface area (Å²) in [6.07, 6.45) is 0. The number of hydrogen-bond donors (Lipinski definition) is 0. The summed E-state index contributed by atoms with van der Waals surface area (Å²) in [6, 6.07) is 8.08. The Balaban J connectivity index is 2.43. The van der Waals surface area contributed by atoms with Gasteiger partial charge in [0.05, 0.1) is 4.83 Å². The summed E-state index contributed by atoms with van der Waals surface area (Å²) in [5, 5.41) is 0.763.